The zero-order chi connectivity index (χ0) is 11.4. The maximum atomic E-state index is 11.6. The number of hydrogen-bond acceptors (Lipinski definition) is 3. The van der Waals surface area contributed by atoms with Gasteiger partial charge in [-0.1, -0.05) is 30.1 Å². The van der Waals surface area contributed by atoms with Gasteiger partial charge < -0.3 is 10.4 Å². The smallest absolute Gasteiger partial charge is 0.254 e. The van der Waals surface area contributed by atoms with Gasteiger partial charge in [0.15, 0.2) is 0 Å². The number of carbonyl (C=O) groups is 1. The van der Waals surface area contributed by atoms with Gasteiger partial charge in [-0.3, -0.25) is 4.79 Å². The molecule has 1 aromatic rings. The summed E-state index contributed by atoms with van der Waals surface area (Å²) in [6.45, 7) is 1.79. The summed E-state index contributed by atoms with van der Waals surface area (Å²) in [6, 6.07) is 1.28. The topological polar surface area (TPSA) is 49.3 Å². The minimum Gasteiger partial charge on any atom is -0.394 e. The third kappa shape index (κ3) is 3.34. The molecule has 0 fully saturated rings. The van der Waals surface area contributed by atoms with Crippen LogP contribution in [0.1, 0.15) is 23.7 Å². The van der Waals surface area contributed by atoms with Gasteiger partial charge in [-0.2, -0.15) is 0 Å². The molecule has 0 spiro atoms. The van der Waals surface area contributed by atoms with Crippen LogP contribution in [0.5, 0.6) is 0 Å². The molecule has 0 radical (unpaired) electrons. The number of carbonyl (C=O) groups excluding carboxylic acids is 1. The van der Waals surface area contributed by atoms with Crippen LogP contribution in [0.2, 0.25) is 8.67 Å². The molecule has 0 saturated heterocycles. The maximum absolute atomic E-state index is 11.6. The van der Waals surface area contributed by atoms with Crippen LogP contribution in [0.3, 0.4) is 0 Å². The molecule has 1 aromatic heterocycles. The van der Waals surface area contributed by atoms with Gasteiger partial charge in [-0.25, -0.2) is 0 Å². The molecular weight excluding hydrogens is 257 g/mol. The lowest BCUT2D eigenvalue weighted by Gasteiger charge is -2.13. The largest absolute Gasteiger partial charge is 0.394 e. The lowest BCUT2D eigenvalue weighted by atomic mass is 10.2. The van der Waals surface area contributed by atoms with Crippen molar-refractivity contribution in [3.63, 3.8) is 0 Å². The number of aliphatic hydroxyl groups excluding tert-OH is 1. The van der Waals surface area contributed by atoms with Crippen LogP contribution < -0.4 is 5.32 Å². The van der Waals surface area contributed by atoms with Crippen LogP contribution in [-0.4, -0.2) is 23.7 Å². The Bertz CT molecular complexity index is 350. The number of aliphatic hydroxyl groups is 1. The number of halogens is 2. The summed E-state index contributed by atoms with van der Waals surface area (Å²) < 4.78 is 0.840. The van der Waals surface area contributed by atoms with Crippen molar-refractivity contribution in [1.29, 1.82) is 0 Å². The number of rotatable bonds is 4. The van der Waals surface area contributed by atoms with E-state index in [1.54, 1.807) is 0 Å². The lowest BCUT2D eigenvalue weighted by molar-refractivity contribution is 0.0915. The molecule has 0 aromatic carbocycles. The Kier molecular flexibility index (Phi) is 4.86. The Balaban J connectivity index is 2.72. The Morgan fingerprint density at radius 2 is 2.33 bits per heavy atom. The normalized spacial score (nSPS) is 12.5. The van der Waals surface area contributed by atoms with E-state index in [1.807, 2.05) is 6.92 Å². The molecule has 1 heterocycles. The summed E-state index contributed by atoms with van der Waals surface area (Å²) in [5.74, 6) is -0.302. The summed E-state index contributed by atoms with van der Waals surface area (Å²) in [5.41, 5.74) is 0.360. The predicted molar refractivity (Wildman–Crippen MR) is 63.0 cm³/mol. The fourth-order valence-corrected chi connectivity index (χ4v) is 2.49. The second-order valence-corrected chi connectivity index (χ2v) is 5.28. The molecule has 0 aliphatic heterocycles. The van der Waals surface area contributed by atoms with Gasteiger partial charge in [0.1, 0.15) is 4.34 Å². The second-order valence-electron chi connectivity index (χ2n) is 3.00. The molecule has 3 nitrogen and oxygen atoms in total. The number of hydrogen-bond donors (Lipinski definition) is 2. The van der Waals surface area contributed by atoms with E-state index in [4.69, 9.17) is 28.3 Å². The van der Waals surface area contributed by atoms with Crippen LogP contribution in [-0.2, 0) is 0 Å². The summed E-state index contributed by atoms with van der Waals surface area (Å²) in [4.78, 5) is 11.6. The van der Waals surface area contributed by atoms with E-state index in [9.17, 15) is 4.79 Å². The Hall–Kier alpha value is -0.290. The van der Waals surface area contributed by atoms with Crippen molar-refractivity contribution in [2.24, 2.45) is 0 Å². The van der Waals surface area contributed by atoms with Gasteiger partial charge in [0.25, 0.3) is 5.91 Å². The average molecular weight is 268 g/mol. The minimum absolute atomic E-state index is 0.0856. The number of amides is 1. The minimum atomic E-state index is -0.302. The van der Waals surface area contributed by atoms with Crippen LogP contribution in [0, 0.1) is 0 Å². The van der Waals surface area contributed by atoms with Crippen LogP contribution in [0.4, 0.5) is 0 Å². The molecule has 0 saturated carbocycles. The average Bonchev–Trinajstić information content (AvgIpc) is 2.54. The first-order chi connectivity index (χ1) is 7.08. The fraction of sp³-hybridized carbons (Fsp3) is 0.444. The van der Waals surface area contributed by atoms with E-state index in [1.165, 1.54) is 6.07 Å². The highest BCUT2D eigenvalue weighted by atomic mass is 35.5. The van der Waals surface area contributed by atoms with Gasteiger partial charge >= 0.3 is 0 Å². The van der Waals surface area contributed by atoms with E-state index in [2.05, 4.69) is 5.32 Å². The van der Waals surface area contributed by atoms with Crippen molar-refractivity contribution in [2.75, 3.05) is 6.61 Å². The molecule has 1 amide bonds. The highest BCUT2D eigenvalue weighted by molar-refractivity contribution is 7.20. The summed E-state index contributed by atoms with van der Waals surface area (Å²) in [5, 5.41) is 11.6. The third-order valence-electron chi connectivity index (χ3n) is 1.95. The van der Waals surface area contributed by atoms with Crippen molar-refractivity contribution in [3.05, 3.63) is 20.3 Å². The Morgan fingerprint density at radius 1 is 1.67 bits per heavy atom. The molecule has 15 heavy (non-hydrogen) atoms. The Morgan fingerprint density at radius 3 is 2.73 bits per heavy atom. The third-order valence-corrected chi connectivity index (χ3v) is 3.44. The fourth-order valence-electron chi connectivity index (χ4n) is 1.04. The number of thiophene rings is 1. The van der Waals surface area contributed by atoms with E-state index in [-0.39, 0.29) is 18.6 Å². The van der Waals surface area contributed by atoms with Gasteiger partial charge in [0.2, 0.25) is 0 Å². The molecule has 0 aliphatic rings. The zero-order valence-electron chi connectivity index (χ0n) is 8.09. The van der Waals surface area contributed by atoms with Gasteiger partial charge in [-0.15, -0.1) is 11.3 Å². The van der Waals surface area contributed by atoms with Gasteiger partial charge in [0.05, 0.1) is 22.5 Å². The maximum Gasteiger partial charge on any atom is 0.254 e. The standard InChI is InChI=1S/C9H11Cl2NO2S/c1-2-5(4-13)12-9(14)6-3-7(10)15-8(6)11/h3,5,13H,2,4H2,1H3,(H,12,14). The first-order valence-electron chi connectivity index (χ1n) is 4.45. The second kappa shape index (κ2) is 5.70. The SMILES string of the molecule is CCC(CO)NC(=O)c1cc(Cl)sc1Cl. The Labute approximate surface area is 102 Å². The van der Waals surface area contributed by atoms with E-state index in [0.717, 1.165) is 11.3 Å². The molecule has 1 atom stereocenters. The summed E-state index contributed by atoms with van der Waals surface area (Å²) >= 11 is 12.7. The van der Waals surface area contributed by atoms with Gasteiger partial charge in [-0.05, 0) is 12.5 Å². The van der Waals surface area contributed by atoms with Crippen molar-refractivity contribution >= 4 is 40.4 Å². The van der Waals surface area contributed by atoms with Crippen LogP contribution in [0.25, 0.3) is 0 Å². The van der Waals surface area contributed by atoms with Gasteiger partial charge in [0, 0.05) is 0 Å². The summed E-state index contributed by atoms with van der Waals surface area (Å²) in [7, 11) is 0. The highest BCUT2D eigenvalue weighted by Crippen LogP contribution is 2.30. The lowest BCUT2D eigenvalue weighted by Crippen LogP contribution is -2.36. The predicted octanol–water partition coefficient (Wildman–Crippen LogP) is 2.56. The van der Waals surface area contributed by atoms with E-state index >= 15 is 0 Å². The van der Waals surface area contributed by atoms with E-state index < -0.39 is 0 Å². The molecule has 84 valence electrons. The summed E-state index contributed by atoms with van der Waals surface area (Å²) in [6.07, 6.45) is 0.664. The quantitative estimate of drug-likeness (QED) is 0.881. The molecule has 1 unspecified atom stereocenters. The number of nitrogens with one attached hydrogen (secondary N) is 1. The van der Waals surface area contributed by atoms with Crippen LogP contribution in [0.15, 0.2) is 6.07 Å². The molecular formula is C9H11Cl2NO2S. The van der Waals surface area contributed by atoms with Crippen molar-refractivity contribution in [1.82, 2.24) is 5.32 Å². The van der Waals surface area contributed by atoms with E-state index in [0.29, 0.717) is 20.7 Å². The first-order valence-corrected chi connectivity index (χ1v) is 6.02. The molecule has 0 aliphatic carbocycles. The van der Waals surface area contributed by atoms with Crippen molar-refractivity contribution < 1.29 is 9.90 Å². The molecule has 1 rings (SSSR count). The van der Waals surface area contributed by atoms with Crippen molar-refractivity contribution in [3.8, 4) is 0 Å². The van der Waals surface area contributed by atoms with Crippen LogP contribution >= 0.6 is 34.5 Å². The molecule has 2 N–H and O–H groups in total. The zero-order valence-corrected chi connectivity index (χ0v) is 10.4. The monoisotopic (exact) mass is 267 g/mol. The molecule has 6 heteroatoms. The first kappa shape index (κ1) is 12.8. The van der Waals surface area contributed by atoms with Crippen molar-refractivity contribution in [2.45, 2.75) is 19.4 Å². The highest BCUT2D eigenvalue weighted by Gasteiger charge is 2.16. The molecule has 0 bridgehead atoms.